The summed E-state index contributed by atoms with van der Waals surface area (Å²) in [4.78, 5) is 14.6. The molecule has 2 N–H and O–H groups in total. The van der Waals surface area contributed by atoms with Gasteiger partial charge in [-0.25, -0.2) is 22.9 Å². The molecule has 2 aromatic heterocycles. The number of hydrogen-bond donors (Lipinski definition) is 2. The highest BCUT2D eigenvalue weighted by atomic mass is 32.2. The number of sulfonamides is 1. The quantitative estimate of drug-likeness (QED) is 0.810. The van der Waals surface area contributed by atoms with Gasteiger partial charge in [0, 0.05) is 19.4 Å². The fourth-order valence-corrected chi connectivity index (χ4v) is 2.29. The molecule has 0 aromatic carbocycles. The molecule has 0 amide bonds. The Labute approximate surface area is 108 Å². The van der Waals surface area contributed by atoms with Crippen molar-refractivity contribution < 1.29 is 22.7 Å². The lowest BCUT2D eigenvalue weighted by molar-refractivity contribution is 0.0656. The summed E-state index contributed by atoms with van der Waals surface area (Å²) in [6, 6.07) is 2.17. The summed E-state index contributed by atoms with van der Waals surface area (Å²) < 4.78 is 32.3. The van der Waals surface area contributed by atoms with Gasteiger partial charge in [-0.05, 0) is 12.1 Å². The molecule has 0 aliphatic heterocycles. The van der Waals surface area contributed by atoms with Gasteiger partial charge in [0.15, 0.2) is 0 Å². The number of carbonyl (C=O) groups is 1. The Morgan fingerprint density at radius 2 is 2.26 bits per heavy atom. The molecule has 0 radical (unpaired) electrons. The number of furan rings is 1. The van der Waals surface area contributed by atoms with Gasteiger partial charge in [0.25, 0.3) is 10.0 Å². The third-order valence-electron chi connectivity index (χ3n) is 2.40. The van der Waals surface area contributed by atoms with Gasteiger partial charge in [-0.1, -0.05) is 0 Å². The van der Waals surface area contributed by atoms with E-state index in [4.69, 9.17) is 9.52 Å². The van der Waals surface area contributed by atoms with Crippen LogP contribution in [0.25, 0.3) is 0 Å². The molecule has 2 aromatic rings. The van der Waals surface area contributed by atoms with Gasteiger partial charge in [-0.2, -0.15) is 0 Å². The van der Waals surface area contributed by atoms with Crippen LogP contribution >= 0.6 is 0 Å². The fourth-order valence-electron chi connectivity index (χ4n) is 1.38. The van der Waals surface area contributed by atoms with Crippen molar-refractivity contribution in [3.63, 3.8) is 0 Å². The van der Waals surface area contributed by atoms with Crippen molar-refractivity contribution in [2.75, 3.05) is 0 Å². The number of carboxylic acid groups (broad SMARTS) is 1. The summed E-state index contributed by atoms with van der Waals surface area (Å²) in [6.07, 6.45) is 3.22. The van der Waals surface area contributed by atoms with E-state index in [9.17, 15) is 13.2 Å². The molecular weight excluding hydrogens is 274 g/mol. The molecule has 0 bridgehead atoms. The van der Waals surface area contributed by atoms with Crippen molar-refractivity contribution in [3.8, 4) is 0 Å². The number of aromatic nitrogens is 2. The third-order valence-corrected chi connectivity index (χ3v) is 3.67. The number of rotatable bonds is 5. The lowest BCUT2D eigenvalue weighted by Crippen LogP contribution is -2.24. The van der Waals surface area contributed by atoms with Crippen molar-refractivity contribution in [2.24, 2.45) is 7.05 Å². The molecule has 19 heavy (non-hydrogen) atoms. The number of imidazole rings is 1. The van der Waals surface area contributed by atoms with Crippen LogP contribution in [0.15, 0.2) is 34.0 Å². The second-order valence-corrected chi connectivity index (χ2v) is 5.40. The fraction of sp³-hybridized carbons (Fsp3) is 0.200. The van der Waals surface area contributed by atoms with Crippen molar-refractivity contribution in [2.45, 2.75) is 11.6 Å². The van der Waals surface area contributed by atoms with E-state index in [-0.39, 0.29) is 6.54 Å². The summed E-state index contributed by atoms with van der Waals surface area (Å²) in [7, 11) is -2.17. The number of aromatic carboxylic acids is 1. The maximum atomic E-state index is 11.8. The van der Waals surface area contributed by atoms with E-state index in [1.807, 2.05) is 0 Å². The predicted molar refractivity (Wildman–Crippen MR) is 62.9 cm³/mol. The molecule has 0 aliphatic carbocycles. The minimum Gasteiger partial charge on any atom is -0.475 e. The Morgan fingerprint density at radius 1 is 1.53 bits per heavy atom. The molecule has 0 saturated heterocycles. The Hall–Kier alpha value is -2.13. The maximum absolute atomic E-state index is 11.8. The minimum absolute atomic E-state index is 0.0189. The van der Waals surface area contributed by atoms with Gasteiger partial charge in [-0.15, -0.1) is 0 Å². The molecule has 0 unspecified atom stereocenters. The second kappa shape index (κ2) is 4.86. The van der Waals surface area contributed by atoms with Crippen LogP contribution in [0.5, 0.6) is 0 Å². The van der Waals surface area contributed by atoms with E-state index < -0.39 is 26.8 Å². The van der Waals surface area contributed by atoms with Crippen LogP contribution in [0.3, 0.4) is 0 Å². The van der Waals surface area contributed by atoms with Crippen LogP contribution in [-0.2, 0) is 23.6 Å². The van der Waals surface area contributed by atoms with Crippen LogP contribution in [-0.4, -0.2) is 29.0 Å². The number of nitrogens with zero attached hydrogens (tertiary/aromatic N) is 2. The van der Waals surface area contributed by atoms with Gasteiger partial charge in [0.05, 0.1) is 6.54 Å². The highest BCUT2D eigenvalue weighted by molar-refractivity contribution is 7.89. The van der Waals surface area contributed by atoms with Gasteiger partial charge < -0.3 is 14.1 Å². The lowest BCUT2D eigenvalue weighted by atomic mass is 10.5. The molecule has 2 heterocycles. The van der Waals surface area contributed by atoms with Crippen molar-refractivity contribution in [1.29, 1.82) is 0 Å². The molecule has 0 atom stereocenters. The topological polar surface area (TPSA) is 114 Å². The summed E-state index contributed by atoms with van der Waals surface area (Å²) in [5, 5.41) is 8.21. The van der Waals surface area contributed by atoms with Crippen molar-refractivity contribution in [3.05, 3.63) is 36.1 Å². The Kier molecular flexibility index (Phi) is 3.40. The average molecular weight is 285 g/mol. The van der Waals surface area contributed by atoms with Crippen LogP contribution in [0.4, 0.5) is 0 Å². The number of nitrogens with one attached hydrogen (secondary N) is 1. The summed E-state index contributed by atoms with van der Waals surface area (Å²) in [5.41, 5.74) is 0. The van der Waals surface area contributed by atoms with Crippen LogP contribution < -0.4 is 4.72 Å². The van der Waals surface area contributed by atoms with Crippen molar-refractivity contribution in [1.82, 2.24) is 14.3 Å². The number of aryl methyl sites for hydroxylation is 1. The molecule has 9 heteroatoms. The van der Waals surface area contributed by atoms with Crippen molar-refractivity contribution >= 4 is 16.0 Å². The van der Waals surface area contributed by atoms with E-state index in [0.717, 1.165) is 12.1 Å². The normalized spacial score (nSPS) is 11.6. The monoisotopic (exact) mass is 285 g/mol. The van der Waals surface area contributed by atoms with E-state index in [1.165, 1.54) is 0 Å². The Bertz CT molecular complexity index is 700. The first-order valence-electron chi connectivity index (χ1n) is 5.19. The largest absolute Gasteiger partial charge is 0.475 e. The van der Waals surface area contributed by atoms with E-state index >= 15 is 0 Å². The van der Waals surface area contributed by atoms with E-state index in [2.05, 4.69) is 9.71 Å². The third kappa shape index (κ3) is 2.83. The number of carboxylic acids is 1. The lowest BCUT2D eigenvalue weighted by Gasteiger charge is -2.04. The molecule has 8 nitrogen and oxygen atoms in total. The second-order valence-electron chi connectivity index (χ2n) is 3.70. The molecule has 0 saturated carbocycles. The first-order valence-corrected chi connectivity index (χ1v) is 6.67. The maximum Gasteiger partial charge on any atom is 0.371 e. The molecule has 102 valence electrons. The minimum atomic E-state index is -3.90. The Balaban J connectivity index is 2.14. The smallest absolute Gasteiger partial charge is 0.371 e. The zero-order valence-corrected chi connectivity index (χ0v) is 10.7. The SMILES string of the molecule is Cn1ccnc1CNS(=O)(=O)c1ccc(C(=O)O)o1. The van der Waals surface area contributed by atoms with E-state index in [0.29, 0.717) is 5.82 Å². The standard InChI is InChI=1S/C10H11N3O5S/c1-13-5-4-11-8(13)6-12-19(16,17)9-3-2-7(18-9)10(14)15/h2-5,12H,6H2,1H3,(H,14,15). The van der Waals surface area contributed by atoms with Crippen LogP contribution in [0.2, 0.25) is 0 Å². The zero-order chi connectivity index (χ0) is 14.0. The van der Waals surface area contributed by atoms with Gasteiger partial charge >= 0.3 is 5.97 Å². The van der Waals surface area contributed by atoms with Crippen LogP contribution in [0, 0.1) is 0 Å². The summed E-state index contributed by atoms with van der Waals surface area (Å²) >= 11 is 0. The van der Waals surface area contributed by atoms with Gasteiger partial charge in [-0.3, -0.25) is 0 Å². The Morgan fingerprint density at radius 3 is 2.79 bits per heavy atom. The molecule has 0 fully saturated rings. The first kappa shape index (κ1) is 13.3. The number of hydrogen-bond acceptors (Lipinski definition) is 5. The average Bonchev–Trinajstić information content (AvgIpc) is 2.95. The summed E-state index contributed by atoms with van der Waals surface area (Å²) in [6.45, 7) is -0.0189. The summed E-state index contributed by atoms with van der Waals surface area (Å²) in [5.74, 6) is -1.24. The highest BCUT2D eigenvalue weighted by Crippen LogP contribution is 2.14. The van der Waals surface area contributed by atoms with Gasteiger partial charge in [0.1, 0.15) is 5.82 Å². The molecule has 0 spiro atoms. The van der Waals surface area contributed by atoms with Crippen LogP contribution in [0.1, 0.15) is 16.4 Å². The molecule has 0 aliphatic rings. The zero-order valence-electron chi connectivity index (χ0n) is 9.90. The predicted octanol–water partition coefficient (Wildman–Crippen LogP) is 0.190. The molecular formula is C10H11N3O5S. The first-order chi connectivity index (χ1) is 8.90. The van der Waals surface area contributed by atoms with Gasteiger partial charge in [0.2, 0.25) is 10.9 Å². The highest BCUT2D eigenvalue weighted by Gasteiger charge is 2.21. The molecule has 2 rings (SSSR count). The van der Waals surface area contributed by atoms with E-state index in [1.54, 1.807) is 24.0 Å².